The van der Waals surface area contributed by atoms with Crippen LogP contribution in [0.3, 0.4) is 0 Å². The number of hydrogen-bond acceptors (Lipinski definition) is 0. The number of rotatable bonds is 2. The predicted molar refractivity (Wildman–Crippen MR) is 28.8 cm³/mol. The maximum absolute atomic E-state index is 10.3. The Morgan fingerprint density at radius 2 is 2.17 bits per heavy atom. The molecule has 0 rings (SSSR count). The first-order chi connectivity index (χ1) is 2.77. The van der Waals surface area contributed by atoms with Crippen molar-refractivity contribution >= 4 is 9.04 Å². The van der Waals surface area contributed by atoms with Gasteiger partial charge in [-0.1, -0.05) is 13.3 Å². The van der Waals surface area contributed by atoms with E-state index in [9.17, 15) is 4.80 Å². The molecule has 0 fully saturated rings. The van der Waals surface area contributed by atoms with E-state index in [1.165, 1.54) is 0 Å². The van der Waals surface area contributed by atoms with Gasteiger partial charge in [0.25, 0.3) is 0 Å². The van der Waals surface area contributed by atoms with Crippen LogP contribution >= 0.6 is 0 Å². The standard InChI is InChI=1S/C4H11OSi/c1-3-4-6(2)5/h6H,3-4H2,1-2H3. The highest BCUT2D eigenvalue weighted by Gasteiger charge is 1.94. The van der Waals surface area contributed by atoms with Crippen molar-refractivity contribution in [3.05, 3.63) is 0 Å². The second-order valence-electron chi connectivity index (χ2n) is 1.60. The van der Waals surface area contributed by atoms with Crippen LogP contribution in [0.5, 0.6) is 0 Å². The van der Waals surface area contributed by atoms with Crippen molar-refractivity contribution in [1.82, 2.24) is 0 Å². The molecule has 0 aliphatic heterocycles. The zero-order valence-electron chi connectivity index (χ0n) is 4.40. The molecule has 0 aliphatic rings. The second-order valence-corrected chi connectivity index (χ2v) is 3.80. The summed E-state index contributed by atoms with van der Waals surface area (Å²) in [5.74, 6) is 0. The van der Waals surface area contributed by atoms with Gasteiger partial charge >= 0.3 is 0 Å². The van der Waals surface area contributed by atoms with E-state index in [1.807, 2.05) is 6.55 Å². The minimum Gasteiger partial charge on any atom is -0.302 e. The van der Waals surface area contributed by atoms with Crippen LogP contribution in [0.1, 0.15) is 13.3 Å². The Kier molecular flexibility index (Phi) is 3.47. The number of hydrogen-bond donors (Lipinski definition) is 0. The van der Waals surface area contributed by atoms with Crippen molar-refractivity contribution in [3.8, 4) is 0 Å². The normalized spacial score (nSPS) is 14.5. The van der Waals surface area contributed by atoms with Gasteiger partial charge in [-0.25, -0.2) is 0 Å². The van der Waals surface area contributed by atoms with Gasteiger partial charge in [0, 0.05) is 0 Å². The van der Waals surface area contributed by atoms with E-state index in [2.05, 4.69) is 6.92 Å². The molecule has 0 aromatic heterocycles. The zero-order chi connectivity index (χ0) is 4.99. The van der Waals surface area contributed by atoms with Crippen LogP contribution in [-0.4, -0.2) is 9.04 Å². The fraction of sp³-hybridized carbons (Fsp3) is 1.00. The summed E-state index contributed by atoms with van der Waals surface area (Å²) in [5, 5.41) is 0. The Labute approximate surface area is 40.7 Å². The Hall–Kier alpha value is 0.177. The Morgan fingerprint density at radius 1 is 1.67 bits per heavy atom. The first-order valence-corrected chi connectivity index (χ1v) is 4.87. The van der Waals surface area contributed by atoms with Gasteiger partial charge in [-0.3, -0.25) is 0 Å². The van der Waals surface area contributed by atoms with E-state index in [-0.39, 0.29) is 0 Å². The maximum Gasteiger partial charge on any atom is 0.219 e. The summed E-state index contributed by atoms with van der Waals surface area (Å²) < 4.78 is 0. The molecular formula is C4H11OSi. The highest BCUT2D eigenvalue weighted by atomic mass is 28.3. The maximum atomic E-state index is 10.3. The third-order valence-electron chi connectivity index (χ3n) is 0.695. The van der Waals surface area contributed by atoms with E-state index in [0.29, 0.717) is 0 Å². The van der Waals surface area contributed by atoms with Crippen molar-refractivity contribution in [2.45, 2.75) is 25.9 Å². The molecule has 1 nitrogen and oxygen atoms in total. The van der Waals surface area contributed by atoms with Crippen LogP contribution in [-0.2, 0) is 4.80 Å². The van der Waals surface area contributed by atoms with E-state index < -0.39 is 9.04 Å². The molecule has 0 aromatic carbocycles. The molecule has 0 aromatic rings. The van der Waals surface area contributed by atoms with E-state index in [4.69, 9.17) is 0 Å². The van der Waals surface area contributed by atoms with Crippen molar-refractivity contribution < 1.29 is 4.80 Å². The average Bonchev–Trinajstić information content (AvgIpc) is 1.35. The molecule has 0 amide bonds. The first kappa shape index (κ1) is 6.18. The Morgan fingerprint density at radius 3 is 2.17 bits per heavy atom. The summed E-state index contributed by atoms with van der Waals surface area (Å²) >= 11 is 0. The van der Waals surface area contributed by atoms with Gasteiger partial charge in [-0.05, 0) is 12.6 Å². The first-order valence-electron chi connectivity index (χ1n) is 2.43. The predicted octanol–water partition coefficient (Wildman–Crippen LogP) is 1.18. The molecule has 0 spiro atoms. The molecule has 37 valence electrons. The van der Waals surface area contributed by atoms with Gasteiger partial charge in [-0.2, -0.15) is 0 Å². The van der Waals surface area contributed by atoms with Crippen LogP contribution in [0.4, 0.5) is 0 Å². The largest absolute Gasteiger partial charge is 0.302 e. The topological polar surface area (TPSA) is 19.9 Å². The molecule has 0 bridgehead atoms. The molecule has 0 saturated carbocycles. The second kappa shape index (κ2) is 3.37. The highest BCUT2D eigenvalue weighted by molar-refractivity contribution is 6.48. The fourth-order valence-electron chi connectivity index (χ4n) is 0.407. The van der Waals surface area contributed by atoms with Crippen LogP contribution in [0.15, 0.2) is 0 Å². The average molecular weight is 103 g/mol. The summed E-state index contributed by atoms with van der Waals surface area (Å²) in [6, 6.07) is 0.958. The molecule has 1 radical (unpaired) electrons. The van der Waals surface area contributed by atoms with Gasteiger partial charge in [0.15, 0.2) is 0 Å². The quantitative estimate of drug-likeness (QED) is 0.468. The lowest BCUT2D eigenvalue weighted by Gasteiger charge is -1.89. The Bertz CT molecular complexity index is 28.7. The SMILES string of the molecule is CCC[SiH](C)[O]. The molecule has 0 heterocycles. The van der Waals surface area contributed by atoms with E-state index in [0.717, 1.165) is 12.5 Å². The minimum atomic E-state index is -1.42. The van der Waals surface area contributed by atoms with Crippen molar-refractivity contribution in [2.24, 2.45) is 0 Å². The molecule has 1 unspecified atom stereocenters. The molecule has 0 N–H and O–H groups in total. The van der Waals surface area contributed by atoms with Gasteiger partial charge in [0.2, 0.25) is 9.04 Å². The van der Waals surface area contributed by atoms with Gasteiger partial charge in [-0.15, -0.1) is 0 Å². The molecular weight excluding hydrogens is 92.1 g/mol. The Balaban J connectivity index is 2.63. The lowest BCUT2D eigenvalue weighted by Crippen LogP contribution is -1.99. The summed E-state index contributed by atoms with van der Waals surface area (Å²) in [5.41, 5.74) is 0. The van der Waals surface area contributed by atoms with Crippen LogP contribution < -0.4 is 0 Å². The minimum absolute atomic E-state index is 0.958. The third-order valence-corrected chi connectivity index (χ3v) is 2.09. The van der Waals surface area contributed by atoms with Crippen molar-refractivity contribution in [2.75, 3.05) is 0 Å². The van der Waals surface area contributed by atoms with Crippen LogP contribution in [0, 0.1) is 0 Å². The lowest BCUT2D eigenvalue weighted by molar-refractivity contribution is 0.451. The monoisotopic (exact) mass is 103 g/mol. The molecule has 6 heavy (non-hydrogen) atoms. The van der Waals surface area contributed by atoms with Gasteiger partial charge in [0.05, 0.1) is 0 Å². The summed E-state index contributed by atoms with van der Waals surface area (Å²) in [7, 11) is -1.42. The van der Waals surface area contributed by atoms with Gasteiger partial charge < -0.3 is 4.80 Å². The molecule has 0 saturated heterocycles. The van der Waals surface area contributed by atoms with E-state index in [1.54, 1.807) is 0 Å². The lowest BCUT2D eigenvalue weighted by atomic mass is 10.6. The smallest absolute Gasteiger partial charge is 0.219 e. The summed E-state index contributed by atoms with van der Waals surface area (Å²) in [4.78, 5) is 10.3. The fourth-order valence-corrected chi connectivity index (χ4v) is 1.22. The third kappa shape index (κ3) is 4.18. The van der Waals surface area contributed by atoms with Gasteiger partial charge in [0.1, 0.15) is 0 Å². The molecule has 0 aliphatic carbocycles. The van der Waals surface area contributed by atoms with Crippen molar-refractivity contribution in [3.63, 3.8) is 0 Å². The van der Waals surface area contributed by atoms with Crippen LogP contribution in [0.2, 0.25) is 12.6 Å². The van der Waals surface area contributed by atoms with Crippen LogP contribution in [0.25, 0.3) is 0 Å². The zero-order valence-corrected chi connectivity index (χ0v) is 5.55. The summed E-state index contributed by atoms with van der Waals surface area (Å²) in [6.07, 6.45) is 1.08. The molecule has 2 heteroatoms. The van der Waals surface area contributed by atoms with E-state index >= 15 is 0 Å². The molecule has 1 atom stereocenters. The highest BCUT2D eigenvalue weighted by Crippen LogP contribution is 1.90. The van der Waals surface area contributed by atoms with Crippen molar-refractivity contribution in [1.29, 1.82) is 0 Å². The summed E-state index contributed by atoms with van der Waals surface area (Å²) in [6.45, 7) is 3.89.